The summed E-state index contributed by atoms with van der Waals surface area (Å²) >= 11 is 5.72. The van der Waals surface area contributed by atoms with Crippen molar-refractivity contribution in [1.82, 2.24) is 10.9 Å². The van der Waals surface area contributed by atoms with Crippen LogP contribution in [0.25, 0.3) is 10.8 Å². The Kier molecular flexibility index (Phi) is 5.94. The number of amides is 2. The summed E-state index contributed by atoms with van der Waals surface area (Å²) in [7, 11) is 0. The maximum absolute atomic E-state index is 12.2. The van der Waals surface area contributed by atoms with E-state index in [4.69, 9.17) is 16.3 Å². The summed E-state index contributed by atoms with van der Waals surface area (Å²) < 4.78 is 5.62. The van der Waals surface area contributed by atoms with Crippen LogP contribution in [0.5, 0.6) is 5.75 Å². The molecule has 0 aliphatic rings. The number of carbonyl (C=O) groups is 2. The van der Waals surface area contributed by atoms with E-state index in [0.717, 1.165) is 16.8 Å². The molecule has 1 atom stereocenters. The third-order valence-corrected chi connectivity index (χ3v) is 4.43. The molecule has 2 N–H and O–H groups in total. The van der Waals surface area contributed by atoms with Crippen LogP contribution in [0.3, 0.4) is 0 Å². The third kappa shape index (κ3) is 4.80. The van der Waals surface area contributed by atoms with Gasteiger partial charge in [0, 0.05) is 11.6 Å². The molecule has 29 heavy (non-hydrogen) atoms. The first-order valence-corrected chi connectivity index (χ1v) is 8.92. The van der Waals surface area contributed by atoms with Crippen molar-refractivity contribution in [2.45, 2.75) is 13.0 Å². The second-order valence-electron chi connectivity index (χ2n) is 6.14. The molecule has 0 radical (unpaired) electrons. The van der Waals surface area contributed by atoms with E-state index in [-0.39, 0.29) is 10.6 Å². The van der Waals surface area contributed by atoms with Crippen LogP contribution in [0.15, 0.2) is 60.7 Å². The van der Waals surface area contributed by atoms with Crippen LogP contribution in [-0.4, -0.2) is 22.8 Å². The van der Waals surface area contributed by atoms with E-state index in [9.17, 15) is 19.7 Å². The first kappa shape index (κ1) is 20.1. The monoisotopic (exact) mass is 413 g/mol. The van der Waals surface area contributed by atoms with Crippen LogP contribution in [0.2, 0.25) is 5.02 Å². The number of nitrogens with zero attached hydrogens (tertiary/aromatic N) is 1. The van der Waals surface area contributed by atoms with Crippen LogP contribution in [0, 0.1) is 10.1 Å². The van der Waals surface area contributed by atoms with Gasteiger partial charge in [-0.1, -0.05) is 41.9 Å². The smallest absolute Gasteiger partial charge is 0.288 e. The second-order valence-corrected chi connectivity index (χ2v) is 6.54. The highest BCUT2D eigenvalue weighted by Gasteiger charge is 2.19. The van der Waals surface area contributed by atoms with E-state index in [2.05, 4.69) is 10.9 Å². The van der Waals surface area contributed by atoms with Gasteiger partial charge in [0.05, 0.1) is 4.92 Å². The fraction of sp³-hybridized carbons (Fsp3) is 0.100. The number of nitrogens with one attached hydrogen (secondary N) is 2. The summed E-state index contributed by atoms with van der Waals surface area (Å²) in [4.78, 5) is 34.5. The molecule has 2 amide bonds. The van der Waals surface area contributed by atoms with E-state index in [1.807, 2.05) is 36.4 Å². The second kappa shape index (κ2) is 8.57. The molecule has 3 aromatic rings. The number of nitro groups is 1. The summed E-state index contributed by atoms with van der Waals surface area (Å²) in [6.45, 7) is 1.53. The molecule has 0 fully saturated rings. The van der Waals surface area contributed by atoms with Gasteiger partial charge in [0.2, 0.25) is 0 Å². The highest BCUT2D eigenvalue weighted by atomic mass is 35.5. The Morgan fingerprint density at radius 2 is 1.76 bits per heavy atom. The maximum atomic E-state index is 12.2. The molecule has 3 rings (SSSR count). The van der Waals surface area contributed by atoms with Crippen molar-refractivity contribution in [1.29, 1.82) is 0 Å². The Morgan fingerprint density at radius 3 is 2.48 bits per heavy atom. The lowest BCUT2D eigenvalue weighted by molar-refractivity contribution is -0.384. The van der Waals surface area contributed by atoms with Crippen molar-refractivity contribution < 1.29 is 19.2 Å². The number of hydrogen-bond donors (Lipinski definition) is 2. The Labute approximate surface area is 170 Å². The van der Waals surface area contributed by atoms with Gasteiger partial charge in [-0.25, -0.2) is 0 Å². The standard InChI is InChI=1S/C20H16ClN3O5/c1-12(29-16-8-6-13-4-2-3-5-14(13)10-16)19(25)22-23-20(26)15-7-9-17(21)18(11-15)24(27)28/h2-12H,1H3,(H,22,25)(H,23,26). The minimum Gasteiger partial charge on any atom is -0.481 e. The fourth-order valence-electron chi connectivity index (χ4n) is 2.58. The van der Waals surface area contributed by atoms with E-state index in [1.165, 1.54) is 19.1 Å². The summed E-state index contributed by atoms with van der Waals surface area (Å²) in [6.07, 6.45) is -0.893. The number of nitro benzene ring substituents is 1. The van der Waals surface area contributed by atoms with Crippen molar-refractivity contribution in [3.63, 3.8) is 0 Å². The molecule has 3 aromatic carbocycles. The Balaban J connectivity index is 1.60. The van der Waals surface area contributed by atoms with Gasteiger partial charge in [-0.05, 0) is 42.0 Å². The Bertz CT molecular complexity index is 1100. The van der Waals surface area contributed by atoms with Crippen LogP contribution < -0.4 is 15.6 Å². The average molecular weight is 414 g/mol. The molecule has 0 spiro atoms. The van der Waals surface area contributed by atoms with E-state index in [0.29, 0.717) is 5.75 Å². The maximum Gasteiger partial charge on any atom is 0.288 e. The van der Waals surface area contributed by atoms with Gasteiger partial charge in [-0.15, -0.1) is 0 Å². The quantitative estimate of drug-likeness (QED) is 0.490. The van der Waals surface area contributed by atoms with Gasteiger partial charge in [0.1, 0.15) is 10.8 Å². The predicted molar refractivity (Wildman–Crippen MR) is 108 cm³/mol. The normalized spacial score (nSPS) is 11.5. The number of hydrazine groups is 1. The third-order valence-electron chi connectivity index (χ3n) is 4.11. The molecular formula is C20H16ClN3O5. The molecule has 0 heterocycles. The summed E-state index contributed by atoms with van der Waals surface area (Å²) in [5.74, 6) is -0.808. The number of halogens is 1. The molecule has 0 aromatic heterocycles. The van der Waals surface area contributed by atoms with Crippen molar-refractivity contribution in [3.05, 3.63) is 81.4 Å². The number of rotatable bonds is 5. The van der Waals surface area contributed by atoms with Gasteiger partial charge in [-0.3, -0.25) is 30.6 Å². The molecule has 1 unspecified atom stereocenters. The van der Waals surface area contributed by atoms with Crippen molar-refractivity contribution in [2.24, 2.45) is 0 Å². The van der Waals surface area contributed by atoms with Gasteiger partial charge >= 0.3 is 0 Å². The van der Waals surface area contributed by atoms with Gasteiger partial charge in [0.25, 0.3) is 17.5 Å². The van der Waals surface area contributed by atoms with Crippen molar-refractivity contribution >= 4 is 39.9 Å². The largest absolute Gasteiger partial charge is 0.481 e. The number of benzene rings is 3. The van der Waals surface area contributed by atoms with Crippen LogP contribution in [0.1, 0.15) is 17.3 Å². The molecule has 148 valence electrons. The molecule has 0 aliphatic heterocycles. The topological polar surface area (TPSA) is 111 Å². The molecular weight excluding hydrogens is 398 g/mol. The van der Waals surface area contributed by atoms with E-state index < -0.39 is 28.5 Å². The van der Waals surface area contributed by atoms with Crippen LogP contribution in [-0.2, 0) is 4.79 Å². The lowest BCUT2D eigenvalue weighted by Gasteiger charge is -2.15. The van der Waals surface area contributed by atoms with Gasteiger partial charge in [-0.2, -0.15) is 0 Å². The minimum absolute atomic E-state index is 0.0236. The zero-order chi connectivity index (χ0) is 21.0. The van der Waals surface area contributed by atoms with Crippen molar-refractivity contribution in [3.8, 4) is 5.75 Å². The summed E-state index contributed by atoms with van der Waals surface area (Å²) in [5, 5.41) is 12.8. The highest BCUT2D eigenvalue weighted by molar-refractivity contribution is 6.32. The lowest BCUT2D eigenvalue weighted by Crippen LogP contribution is -2.47. The molecule has 8 nitrogen and oxygen atoms in total. The zero-order valence-corrected chi connectivity index (χ0v) is 16.0. The number of fused-ring (bicyclic) bond motifs is 1. The number of ether oxygens (including phenoxy) is 1. The Morgan fingerprint density at radius 1 is 1.03 bits per heavy atom. The van der Waals surface area contributed by atoms with E-state index >= 15 is 0 Å². The average Bonchev–Trinajstić information content (AvgIpc) is 2.71. The fourth-order valence-corrected chi connectivity index (χ4v) is 2.77. The van der Waals surface area contributed by atoms with Gasteiger partial charge in [0.15, 0.2) is 6.10 Å². The minimum atomic E-state index is -0.893. The summed E-state index contributed by atoms with van der Waals surface area (Å²) in [5.41, 5.74) is 4.00. The molecule has 0 saturated carbocycles. The van der Waals surface area contributed by atoms with Crippen LogP contribution >= 0.6 is 11.6 Å². The van der Waals surface area contributed by atoms with Crippen molar-refractivity contribution in [2.75, 3.05) is 0 Å². The summed E-state index contributed by atoms with van der Waals surface area (Å²) in [6, 6.07) is 16.7. The Hall–Kier alpha value is -3.65. The zero-order valence-electron chi connectivity index (χ0n) is 15.2. The molecule has 0 saturated heterocycles. The molecule has 9 heteroatoms. The first-order valence-electron chi connectivity index (χ1n) is 8.55. The van der Waals surface area contributed by atoms with E-state index in [1.54, 1.807) is 6.07 Å². The van der Waals surface area contributed by atoms with Gasteiger partial charge < -0.3 is 4.74 Å². The number of carbonyl (C=O) groups excluding carboxylic acids is 2. The SMILES string of the molecule is CC(Oc1ccc2ccccc2c1)C(=O)NNC(=O)c1ccc(Cl)c([N+](=O)[O-])c1. The number of hydrogen-bond acceptors (Lipinski definition) is 5. The first-order chi connectivity index (χ1) is 13.8. The molecule has 0 bridgehead atoms. The highest BCUT2D eigenvalue weighted by Crippen LogP contribution is 2.25. The lowest BCUT2D eigenvalue weighted by atomic mass is 10.1. The molecule has 0 aliphatic carbocycles. The predicted octanol–water partition coefficient (Wildman–Crippen LogP) is 3.63. The van der Waals surface area contributed by atoms with Crippen LogP contribution in [0.4, 0.5) is 5.69 Å².